The van der Waals surface area contributed by atoms with Crippen LogP contribution in [0.4, 0.5) is 0 Å². The number of rotatable bonds is 6. The van der Waals surface area contributed by atoms with Crippen LogP contribution in [-0.4, -0.2) is 25.0 Å². The van der Waals surface area contributed by atoms with Gasteiger partial charge in [0.1, 0.15) is 6.61 Å². The third-order valence-corrected chi connectivity index (χ3v) is 5.02. The first-order chi connectivity index (χ1) is 12.8. The van der Waals surface area contributed by atoms with E-state index >= 15 is 0 Å². The lowest BCUT2D eigenvalue weighted by Gasteiger charge is -2.35. The summed E-state index contributed by atoms with van der Waals surface area (Å²) in [5, 5.41) is 0. The standard InChI is InChI=1S/C23H21O2P/c1-26-17-22(24)25-18-23(19-11-5-2-6-12-19,20-13-7-3-8-14-20)21-15-9-4-10-16-21/h2-17H,18H2,1H3/p+1. The molecule has 0 aliphatic carbocycles. The van der Waals surface area contributed by atoms with Gasteiger partial charge in [-0.05, 0) is 16.7 Å². The van der Waals surface area contributed by atoms with Crippen LogP contribution in [0.25, 0.3) is 0 Å². The lowest BCUT2D eigenvalue weighted by Crippen LogP contribution is -2.36. The van der Waals surface area contributed by atoms with Crippen LogP contribution in [0.1, 0.15) is 16.7 Å². The van der Waals surface area contributed by atoms with E-state index in [9.17, 15) is 4.79 Å². The van der Waals surface area contributed by atoms with Crippen LogP contribution in [0, 0.1) is 0 Å². The molecule has 0 N–H and O–H groups in total. The Bertz CT molecular complexity index is 762. The average molecular weight is 361 g/mol. The van der Waals surface area contributed by atoms with Crippen molar-refractivity contribution in [3.05, 3.63) is 108 Å². The van der Waals surface area contributed by atoms with Crippen LogP contribution in [0.15, 0.2) is 91.0 Å². The van der Waals surface area contributed by atoms with E-state index in [0.717, 1.165) is 16.7 Å². The summed E-state index contributed by atoms with van der Waals surface area (Å²) in [5.74, 6) is 1.34. The minimum Gasteiger partial charge on any atom is -0.458 e. The SMILES string of the molecule is C[PH+]=CC(=O)OCC(c1ccccc1)(c1ccccc1)c1ccccc1. The molecule has 0 saturated heterocycles. The second-order valence-corrected chi connectivity index (χ2v) is 6.91. The molecule has 130 valence electrons. The monoisotopic (exact) mass is 361 g/mol. The van der Waals surface area contributed by atoms with Crippen molar-refractivity contribution in [2.24, 2.45) is 0 Å². The highest BCUT2D eigenvalue weighted by Gasteiger charge is 2.37. The van der Waals surface area contributed by atoms with Gasteiger partial charge in [0.15, 0.2) is 5.80 Å². The van der Waals surface area contributed by atoms with Crippen molar-refractivity contribution < 1.29 is 9.53 Å². The molecule has 0 heterocycles. The lowest BCUT2D eigenvalue weighted by atomic mass is 9.70. The summed E-state index contributed by atoms with van der Waals surface area (Å²) in [6.45, 7) is 2.21. The summed E-state index contributed by atoms with van der Waals surface area (Å²) in [7, 11) is 0.431. The van der Waals surface area contributed by atoms with Crippen molar-refractivity contribution in [2.75, 3.05) is 13.3 Å². The van der Waals surface area contributed by atoms with E-state index in [2.05, 4.69) is 36.4 Å². The Morgan fingerprint density at radius 1 is 0.808 bits per heavy atom. The molecule has 0 fully saturated rings. The predicted molar refractivity (Wildman–Crippen MR) is 110 cm³/mol. The van der Waals surface area contributed by atoms with Crippen LogP contribution in [-0.2, 0) is 14.9 Å². The highest BCUT2D eigenvalue weighted by molar-refractivity contribution is 7.40. The molecule has 0 amide bonds. The van der Waals surface area contributed by atoms with Crippen LogP contribution >= 0.6 is 8.20 Å². The molecule has 3 aromatic rings. The predicted octanol–water partition coefficient (Wildman–Crippen LogP) is 4.67. The average Bonchev–Trinajstić information content (AvgIpc) is 2.71. The second kappa shape index (κ2) is 8.60. The zero-order chi connectivity index (χ0) is 18.2. The van der Waals surface area contributed by atoms with E-state index in [0.29, 0.717) is 8.20 Å². The summed E-state index contributed by atoms with van der Waals surface area (Å²) in [4.78, 5) is 12.1. The fourth-order valence-corrected chi connectivity index (χ4v) is 3.58. The molecule has 3 heteroatoms. The van der Waals surface area contributed by atoms with E-state index in [1.807, 2.05) is 61.3 Å². The minimum atomic E-state index is -0.551. The maximum atomic E-state index is 12.1. The van der Waals surface area contributed by atoms with Crippen molar-refractivity contribution in [3.63, 3.8) is 0 Å². The molecule has 0 aliphatic rings. The third-order valence-electron chi connectivity index (χ3n) is 4.49. The van der Waals surface area contributed by atoms with E-state index in [1.54, 1.807) is 5.80 Å². The maximum Gasteiger partial charge on any atom is 0.373 e. The molecule has 0 aliphatic heterocycles. The van der Waals surface area contributed by atoms with Gasteiger partial charge >= 0.3 is 5.97 Å². The van der Waals surface area contributed by atoms with Crippen LogP contribution in [0.2, 0.25) is 0 Å². The van der Waals surface area contributed by atoms with E-state index < -0.39 is 5.41 Å². The fourth-order valence-electron chi connectivity index (χ4n) is 3.26. The number of hydrogen-bond donors (Lipinski definition) is 0. The molecule has 0 saturated carbocycles. The van der Waals surface area contributed by atoms with Crippen LogP contribution < -0.4 is 0 Å². The Kier molecular flexibility index (Phi) is 5.99. The molecule has 3 aromatic carbocycles. The Morgan fingerprint density at radius 3 is 1.54 bits per heavy atom. The molecule has 2 nitrogen and oxygen atoms in total. The maximum absolute atomic E-state index is 12.1. The molecule has 0 radical (unpaired) electrons. The van der Waals surface area contributed by atoms with Crippen LogP contribution in [0.5, 0.6) is 0 Å². The van der Waals surface area contributed by atoms with Gasteiger partial charge in [0, 0.05) is 0 Å². The summed E-state index contributed by atoms with van der Waals surface area (Å²) in [6.07, 6.45) is 0. The topological polar surface area (TPSA) is 26.3 Å². The largest absolute Gasteiger partial charge is 0.458 e. The van der Waals surface area contributed by atoms with Crippen molar-refractivity contribution in [2.45, 2.75) is 5.41 Å². The summed E-state index contributed by atoms with van der Waals surface area (Å²) >= 11 is 0. The van der Waals surface area contributed by atoms with Crippen molar-refractivity contribution in [3.8, 4) is 0 Å². The number of ether oxygens (including phenoxy) is 1. The Labute approximate surface area is 156 Å². The number of hydrogen-bond acceptors (Lipinski definition) is 2. The van der Waals surface area contributed by atoms with E-state index in [-0.39, 0.29) is 12.6 Å². The highest BCUT2D eigenvalue weighted by atomic mass is 31.1. The number of benzene rings is 3. The third kappa shape index (κ3) is 3.76. The highest BCUT2D eigenvalue weighted by Crippen LogP contribution is 2.39. The first-order valence-electron chi connectivity index (χ1n) is 8.61. The molecule has 26 heavy (non-hydrogen) atoms. The van der Waals surface area contributed by atoms with Crippen molar-refractivity contribution in [1.82, 2.24) is 0 Å². The van der Waals surface area contributed by atoms with Gasteiger partial charge in [-0.1, -0.05) is 91.0 Å². The van der Waals surface area contributed by atoms with Gasteiger partial charge in [0.05, 0.1) is 20.3 Å². The molecule has 1 unspecified atom stereocenters. The van der Waals surface area contributed by atoms with Gasteiger partial charge in [-0.2, -0.15) is 0 Å². The quantitative estimate of drug-likeness (QED) is 0.362. The molecular formula is C23H22O2P+. The smallest absolute Gasteiger partial charge is 0.373 e. The first kappa shape index (κ1) is 18.1. The Hall–Kier alpha value is -2.70. The Balaban J connectivity index is 2.19. The molecule has 0 aromatic heterocycles. The molecular weight excluding hydrogens is 339 g/mol. The molecule has 1 atom stereocenters. The molecule has 0 bridgehead atoms. The van der Waals surface area contributed by atoms with E-state index in [4.69, 9.17) is 4.74 Å². The molecule has 0 spiro atoms. The van der Waals surface area contributed by atoms with Gasteiger partial charge in [-0.15, -0.1) is 0 Å². The summed E-state index contributed by atoms with van der Waals surface area (Å²) in [6, 6.07) is 30.7. The fraction of sp³-hybridized carbons (Fsp3) is 0.130. The van der Waals surface area contributed by atoms with Gasteiger partial charge in [0.25, 0.3) is 0 Å². The lowest BCUT2D eigenvalue weighted by molar-refractivity contribution is -0.135. The first-order valence-corrected chi connectivity index (χ1v) is 10.2. The molecule has 3 rings (SSSR count). The summed E-state index contributed by atoms with van der Waals surface area (Å²) in [5.41, 5.74) is 2.75. The van der Waals surface area contributed by atoms with Gasteiger partial charge in [-0.25, -0.2) is 4.79 Å². The second-order valence-electron chi connectivity index (χ2n) is 6.04. The number of carbonyl (C=O) groups excluding carboxylic acids is 1. The summed E-state index contributed by atoms with van der Waals surface area (Å²) < 4.78 is 5.72. The number of esters is 1. The Morgan fingerprint density at radius 2 is 1.19 bits per heavy atom. The van der Waals surface area contributed by atoms with E-state index in [1.165, 1.54) is 0 Å². The van der Waals surface area contributed by atoms with Gasteiger partial charge < -0.3 is 4.74 Å². The minimum absolute atomic E-state index is 0.255. The normalized spacial score (nSPS) is 11.4. The number of carbonyl (C=O) groups is 1. The van der Waals surface area contributed by atoms with Crippen LogP contribution in [0.3, 0.4) is 0 Å². The van der Waals surface area contributed by atoms with Crippen molar-refractivity contribution in [1.29, 1.82) is 0 Å². The van der Waals surface area contributed by atoms with Gasteiger partial charge in [-0.3, -0.25) is 0 Å². The van der Waals surface area contributed by atoms with Crippen molar-refractivity contribution >= 4 is 20.0 Å². The zero-order valence-electron chi connectivity index (χ0n) is 14.8. The van der Waals surface area contributed by atoms with Gasteiger partial charge in [0.2, 0.25) is 0 Å². The zero-order valence-corrected chi connectivity index (χ0v) is 15.8.